The van der Waals surface area contributed by atoms with Crippen LogP contribution in [0.5, 0.6) is 11.5 Å². The fourth-order valence-corrected chi connectivity index (χ4v) is 10.5. The maximum absolute atomic E-state index is 9.02. The van der Waals surface area contributed by atoms with Gasteiger partial charge in [-0.05, 0) is 144 Å². The molecule has 0 saturated carbocycles. The van der Waals surface area contributed by atoms with Crippen molar-refractivity contribution in [1.29, 1.82) is 0 Å². The normalized spacial score (nSPS) is 14.6. The van der Waals surface area contributed by atoms with E-state index in [1.54, 1.807) is 24.3 Å². The van der Waals surface area contributed by atoms with Gasteiger partial charge in [0.2, 0.25) is 0 Å². The first-order valence-corrected chi connectivity index (χ1v) is 26.8. The van der Waals surface area contributed by atoms with Crippen molar-refractivity contribution in [3.63, 3.8) is 0 Å². The molecule has 0 amide bonds. The van der Waals surface area contributed by atoms with E-state index in [1.807, 2.05) is 82.1 Å². The molecule has 0 aliphatic rings. The summed E-state index contributed by atoms with van der Waals surface area (Å²) in [6.07, 6.45) is 5.58. The molecule has 0 bridgehead atoms. The van der Waals surface area contributed by atoms with Crippen LogP contribution in [-0.4, -0.2) is 14.1 Å². The SMILES string of the molecule is [2H]C([2H])([2H])c1cc(-c2cccc(C(C)(C)C)c2)c(-[n+]2[c-]n(-c3[c-]c(Oc4[c-]c5c(cc4)c4ccccc4n5-c4cc(C(C)(C)C)ccn4)ccc3)c3cc(-c4c(C([2H])([2H])[2H])cccc4C([2H])([2H])[2H])ccc32)c(-c2cc(C(C)(C)C)cc(C(C)(C)C)c2)c1.[Pt]. The van der Waals surface area contributed by atoms with Crippen LogP contribution >= 0.6 is 0 Å². The zero-order valence-electron chi connectivity index (χ0n) is 56.1. The molecule has 0 fully saturated rings. The maximum Gasteiger partial charge on any atom is 0.268 e. The third-order valence-electron chi connectivity index (χ3n) is 15.0. The largest absolute Gasteiger partial charge is 0.510 e. The van der Waals surface area contributed by atoms with Crippen molar-refractivity contribution in [3.8, 4) is 62.1 Å². The Bertz CT molecular complexity index is 4430. The predicted octanol–water partition coefficient (Wildman–Crippen LogP) is 18.7. The third kappa shape index (κ3) is 10.6. The summed E-state index contributed by atoms with van der Waals surface area (Å²) in [5.74, 6) is 1.53. The Hall–Kier alpha value is -7.33. The summed E-state index contributed by atoms with van der Waals surface area (Å²) in [7, 11) is 0. The Morgan fingerprint density at radius 2 is 1.14 bits per heavy atom. The molecule has 3 heterocycles. The van der Waals surface area contributed by atoms with Gasteiger partial charge in [-0.2, -0.15) is 18.2 Å². The summed E-state index contributed by atoms with van der Waals surface area (Å²) in [6.45, 7) is 18.1. The maximum atomic E-state index is 9.02. The minimum absolute atomic E-state index is 0. The molecule has 0 radical (unpaired) electrons. The molecule has 0 aliphatic carbocycles. The summed E-state index contributed by atoms with van der Waals surface area (Å²) in [6, 6.07) is 57.1. The van der Waals surface area contributed by atoms with Gasteiger partial charge in [-0.1, -0.05) is 197 Å². The van der Waals surface area contributed by atoms with Gasteiger partial charge < -0.3 is 13.9 Å². The van der Waals surface area contributed by atoms with Crippen molar-refractivity contribution in [2.45, 2.75) is 125 Å². The molecule has 8 aromatic carbocycles. The van der Waals surface area contributed by atoms with E-state index in [9.17, 15) is 0 Å². The van der Waals surface area contributed by atoms with Gasteiger partial charge in [-0.15, -0.1) is 29.7 Å². The topological polar surface area (TPSA) is 35.9 Å². The van der Waals surface area contributed by atoms with Crippen molar-refractivity contribution in [2.24, 2.45) is 0 Å². The van der Waals surface area contributed by atoms with Crippen LogP contribution in [0.15, 0.2) is 164 Å². The first-order chi connectivity index (χ1) is 40.5. The van der Waals surface area contributed by atoms with Crippen LogP contribution in [0.1, 0.15) is 134 Å². The third-order valence-corrected chi connectivity index (χ3v) is 15.0. The second kappa shape index (κ2) is 20.4. The number of aromatic nitrogens is 4. The number of ether oxygens (including phenoxy) is 1. The summed E-state index contributed by atoms with van der Waals surface area (Å²) >= 11 is 0. The van der Waals surface area contributed by atoms with Gasteiger partial charge in [0.25, 0.3) is 6.33 Å². The fourth-order valence-electron chi connectivity index (χ4n) is 10.5. The minimum atomic E-state index is -2.68. The second-order valence-electron chi connectivity index (χ2n) is 24.8. The molecular weight excluding hydrogens is 1140 g/mol. The Labute approximate surface area is 495 Å². The van der Waals surface area contributed by atoms with Gasteiger partial charge >= 0.3 is 0 Å². The minimum Gasteiger partial charge on any atom is -0.510 e. The monoisotopic (exact) mass is 1220 g/mol. The quantitative estimate of drug-likeness (QED) is 0.112. The van der Waals surface area contributed by atoms with Gasteiger partial charge in [-0.3, -0.25) is 4.57 Å². The average Bonchev–Trinajstić information content (AvgIpc) is 1.64. The molecule has 0 unspecified atom stereocenters. The van der Waals surface area contributed by atoms with E-state index in [0.29, 0.717) is 50.6 Å². The molecule has 79 heavy (non-hydrogen) atoms. The van der Waals surface area contributed by atoms with Gasteiger partial charge in [0.05, 0.1) is 16.7 Å². The number of hydrogen-bond donors (Lipinski definition) is 0. The first kappa shape index (κ1) is 44.5. The Kier molecular flexibility index (Phi) is 11.5. The van der Waals surface area contributed by atoms with E-state index in [1.165, 1.54) is 18.2 Å². The van der Waals surface area contributed by atoms with Crippen molar-refractivity contribution in [1.82, 2.24) is 14.1 Å². The molecular formula is C73H72N4OPt-2. The van der Waals surface area contributed by atoms with Crippen LogP contribution in [-0.2, 0) is 42.7 Å². The fraction of sp³-hybridized carbons (Fsp3) is 0.260. The average molecular weight is 1230 g/mol. The summed E-state index contributed by atoms with van der Waals surface area (Å²) < 4.78 is 91.9. The number of aryl methyl sites for hydroxylation is 3. The zero-order valence-corrected chi connectivity index (χ0v) is 49.4. The van der Waals surface area contributed by atoms with E-state index in [4.69, 9.17) is 22.1 Å². The summed E-state index contributed by atoms with van der Waals surface area (Å²) in [5, 5.41) is 2.02. The molecule has 6 heteroatoms. The number of para-hydroxylation sites is 1. The summed E-state index contributed by atoms with van der Waals surface area (Å²) in [5.41, 5.74) is 10.6. The zero-order chi connectivity index (χ0) is 62.7. The van der Waals surface area contributed by atoms with Crippen LogP contribution in [0.25, 0.3) is 83.4 Å². The molecule has 11 aromatic rings. The Balaban J connectivity index is 0.00000855. The van der Waals surface area contributed by atoms with Crippen LogP contribution in [0.4, 0.5) is 0 Å². The number of hydrogen-bond acceptors (Lipinski definition) is 2. The molecule has 3 aromatic heterocycles. The van der Waals surface area contributed by atoms with Crippen LogP contribution in [0, 0.1) is 39.0 Å². The molecule has 0 N–H and O–H groups in total. The number of benzene rings is 8. The van der Waals surface area contributed by atoms with E-state index >= 15 is 0 Å². The first-order valence-electron chi connectivity index (χ1n) is 31.3. The number of rotatable bonds is 8. The molecule has 0 spiro atoms. The van der Waals surface area contributed by atoms with Crippen LogP contribution in [0.2, 0.25) is 0 Å². The predicted molar refractivity (Wildman–Crippen MR) is 325 cm³/mol. The Morgan fingerprint density at radius 3 is 1.82 bits per heavy atom. The number of imidazole rings is 1. The van der Waals surface area contributed by atoms with Crippen molar-refractivity contribution in [3.05, 3.63) is 221 Å². The number of fused-ring (bicyclic) bond motifs is 4. The van der Waals surface area contributed by atoms with Gasteiger partial charge in [0, 0.05) is 56.6 Å². The molecule has 5 nitrogen and oxygen atoms in total. The van der Waals surface area contributed by atoms with Gasteiger partial charge in [-0.25, -0.2) is 4.98 Å². The van der Waals surface area contributed by atoms with Crippen molar-refractivity contribution < 1.29 is 42.7 Å². The van der Waals surface area contributed by atoms with Crippen molar-refractivity contribution in [2.75, 3.05) is 0 Å². The van der Waals surface area contributed by atoms with Crippen molar-refractivity contribution >= 4 is 32.8 Å². The standard InChI is InChI=1S/C73H72N4O.Pt/c1-46-35-61(49-23-19-24-52(37-49)70(4,5)6)69(62(36-46)51-38-54(72(10,11)12)41-55(39-51)73(13,14)15)76-45-75(66-40-50(29-32-64(66)76)68-47(2)21-18-22-48(68)3)56-25-20-26-57(43-56)78-58-30-31-60-59-27-16-17-28-63(59)77(65(60)44-58)67-42-53(33-34-74-67)71(7,8)9;/h16-42H,1-15H3;/q-2;/i1D3,2D3,3D3;. The van der Waals surface area contributed by atoms with Crippen LogP contribution in [0.3, 0.4) is 0 Å². The number of nitrogens with zero attached hydrogens (tertiary/aromatic N) is 4. The van der Waals surface area contributed by atoms with Gasteiger partial charge in [0.1, 0.15) is 5.82 Å². The molecule has 0 aliphatic heterocycles. The van der Waals surface area contributed by atoms with E-state index in [-0.39, 0.29) is 65.0 Å². The number of pyridine rings is 1. The van der Waals surface area contributed by atoms with Crippen LogP contribution < -0.4 is 9.30 Å². The summed E-state index contributed by atoms with van der Waals surface area (Å²) in [4.78, 5) is 4.87. The smallest absolute Gasteiger partial charge is 0.268 e. The molecule has 0 atom stereocenters. The van der Waals surface area contributed by atoms with E-state index in [0.717, 1.165) is 61.0 Å². The molecule has 0 saturated heterocycles. The Morgan fingerprint density at radius 1 is 0.506 bits per heavy atom. The molecule has 402 valence electrons. The van der Waals surface area contributed by atoms with E-state index < -0.39 is 20.6 Å². The van der Waals surface area contributed by atoms with Gasteiger partial charge in [0.15, 0.2) is 0 Å². The molecule has 11 rings (SSSR count). The van der Waals surface area contributed by atoms with E-state index in [2.05, 4.69) is 155 Å². The second-order valence-corrected chi connectivity index (χ2v) is 24.8.